The fraction of sp³-hybridized carbons (Fsp3) is 0.333. The van der Waals surface area contributed by atoms with E-state index in [-0.39, 0.29) is 6.54 Å². The van der Waals surface area contributed by atoms with Crippen LogP contribution in [0.3, 0.4) is 0 Å². The van der Waals surface area contributed by atoms with Crippen LogP contribution in [0.4, 0.5) is 4.39 Å². The monoisotopic (exact) mass is 209 g/mol. The largest absolute Gasteiger partial charge is 0.382 e. The summed E-state index contributed by atoms with van der Waals surface area (Å²) in [6.45, 7) is 3.35. The van der Waals surface area contributed by atoms with Crippen molar-refractivity contribution in [3.8, 4) is 0 Å². The van der Waals surface area contributed by atoms with Crippen molar-refractivity contribution in [2.24, 2.45) is 0 Å². The highest BCUT2D eigenvalue weighted by atomic mass is 19.1. The Kier molecular flexibility index (Phi) is 4.46. The van der Waals surface area contributed by atoms with Gasteiger partial charge in [-0.05, 0) is 5.56 Å². The molecule has 1 aromatic carbocycles. The molecule has 0 aromatic heterocycles. The number of halogens is 1. The molecule has 0 radical (unpaired) electrons. The molecule has 15 heavy (non-hydrogen) atoms. The average molecular weight is 209 g/mol. The third-order valence-electron chi connectivity index (χ3n) is 2.21. The third-order valence-corrected chi connectivity index (χ3v) is 2.21. The fourth-order valence-electron chi connectivity index (χ4n) is 1.19. The minimum atomic E-state index is -1.45. The van der Waals surface area contributed by atoms with E-state index in [4.69, 9.17) is 0 Å². The van der Waals surface area contributed by atoms with Gasteiger partial charge in [-0.3, -0.25) is 0 Å². The molecule has 82 valence electrons. The summed E-state index contributed by atoms with van der Waals surface area (Å²) in [5, 5.41) is 12.5. The van der Waals surface area contributed by atoms with Gasteiger partial charge in [-0.15, -0.1) is 6.58 Å². The molecule has 0 saturated heterocycles. The van der Waals surface area contributed by atoms with E-state index in [1.54, 1.807) is 0 Å². The van der Waals surface area contributed by atoms with Crippen LogP contribution in [0.15, 0.2) is 43.0 Å². The van der Waals surface area contributed by atoms with E-state index >= 15 is 0 Å². The molecule has 1 aromatic rings. The minimum absolute atomic E-state index is 0.169. The first-order valence-corrected chi connectivity index (χ1v) is 4.87. The van der Waals surface area contributed by atoms with E-state index < -0.39 is 12.3 Å². The van der Waals surface area contributed by atoms with Crippen molar-refractivity contribution >= 4 is 0 Å². The van der Waals surface area contributed by atoms with Gasteiger partial charge >= 0.3 is 0 Å². The zero-order valence-electron chi connectivity index (χ0n) is 8.62. The molecule has 0 aliphatic heterocycles. The Morgan fingerprint density at radius 1 is 1.40 bits per heavy atom. The van der Waals surface area contributed by atoms with Crippen molar-refractivity contribution in [3.63, 3.8) is 0 Å². The Bertz CT molecular complexity index is 302. The summed E-state index contributed by atoms with van der Waals surface area (Å²) in [5.41, 5.74) is -0.350. The van der Waals surface area contributed by atoms with E-state index in [1.807, 2.05) is 30.3 Å². The van der Waals surface area contributed by atoms with Crippen LogP contribution in [0.5, 0.6) is 0 Å². The molecule has 0 spiro atoms. The highest BCUT2D eigenvalue weighted by molar-refractivity contribution is 5.14. The SMILES string of the molecule is C=C[C@@](O)(CF)CNCc1ccccc1. The second-order valence-electron chi connectivity index (χ2n) is 3.53. The number of alkyl halides is 1. The van der Waals surface area contributed by atoms with Gasteiger partial charge in [-0.1, -0.05) is 36.4 Å². The van der Waals surface area contributed by atoms with Crippen LogP contribution < -0.4 is 5.32 Å². The number of aliphatic hydroxyl groups is 1. The lowest BCUT2D eigenvalue weighted by Gasteiger charge is -2.20. The first kappa shape index (κ1) is 11.9. The summed E-state index contributed by atoms with van der Waals surface area (Å²) >= 11 is 0. The number of hydrogen-bond donors (Lipinski definition) is 2. The second-order valence-corrected chi connectivity index (χ2v) is 3.53. The van der Waals surface area contributed by atoms with Crippen LogP contribution in [0, 0.1) is 0 Å². The molecule has 2 N–H and O–H groups in total. The van der Waals surface area contributed by atoms with Crippen LogP contribution in [-0.4, -0.2) is 23.9 Å². The zero-order chi connectivity index (χ0) is 11.1. The van der Waals surface area contributed by atoms with Crippen molar-refractivity contribution in [1.29, 1.82) is 0 Å². The highest BCUT2D eigenvalue weighted by Crippen LogP contribution is 2.05. The lowest BCUT2D eigenvalue weighted by molar-refractivity contribution is 0.0619. The second kappa shape index (κ2) is 5.63. The average Bonchev–Trinajstić information content (AvgIpc) is 2.30. The number of benzene rings is 1. The van der Waals surface area contributed by atoms with Crippen LogP contribution >= 0.6 is 0 Å². The zero-order valence-corrected chi connectivity index (χ0v) is 8.62. The molecule has 0 unspecified atom stereocenters. The third kappa shape index (κ3) is 3.81. The van der Waals surface area contributed by atoms with Crippen molar-refractivity contribution in [2.75, 3.05) is 13.2 Å². The Hall–Kier alpha value is -1.19. The molecule has 0 fully saturated rings. The van der Waals surface area contributed by atoms with Gasteiger partial charge in [-0.25, -0.2) is 4.39 Å². The topological polar surface area (TPSA) is 32.3 Å². The summed E-state index contributed by atoms with van der Waals surface area (Å²) in [7, 11) is 0. The number of nitrogens with one attached hydrogen (secondary N) is 1. The van der Waals surface area contributed by atoms with Crippen LogP contribution in [0.1, 0.15) is 5.56 Å². The van der Waals surface area contributed by atoms with Crippen molar-refractivity contribution < 1.29 is 9.50 Å². The molecule has 0 bridgehead atoms. The van der Waals surface area contributed by atoms with E-state index in [1.165, 1.54) is 6.08 Å². The summed E-state index contributed by atoms with van der Waals surface area (Å²) in [6.07, 6.45) is 1.23. The summed E-state index contributed by atoms with van der Waals surface area (Å²) in [4.78, 5) is 0. The van der Waals surface area contributed by atoms with Crippen molar-refractivity contribution in [3.05, 3.63) is 48.6 Å². The normalized spacial score (nSPS) is 14.5. The standard InChI is InChI=1S/C12H16FNO/c1-2-12(15,9-13)10-14-8-11-6-4-3-5-7-11/h2-7,14-15H,1,8-10H2/t12-/m1/s1. The van der Waals surface area contributed by atoms with Gasteiger partial charge in [0.1, 0.15) is 12.3 Å². The van der Waals surface area contributed by atoms with Gasteiger partial charge in [0.05, 0.1) is 0 Å². The van der Waals surface area contributed by atoms with Gasteiger partial charge in [-0.2, -0.15) is 0 Å². The van der Waals surface area contributed by atoms with Gasteiger partial charge in [0.2, 0.25) is 0 Å². The van der Waals surface area contributed by atoms with E-state index in [9.17, 15) is 9.50 Å². The van der Waals surface area contributed by atoms with Crippen LogP contribution in [0.2, 0.25) is 0 Å². The molecule has 1 atom stereocenters. The Balaban J connectivity index is 2.36. The first-order chi connectivity index (χ1) is 7.20. The van der Waals surface area contributed by atoms with Crippen LogP contribution in [0.25, 0.3) is 0 Å². The van der Waals surface area contributed by atoms with Crippen molar-refractivity contribution in [2.45, 2.75) is 12.1 Å². The molecule has 0 saturated carbocycles. The quantitative estimate of drug-likeness (QED) is 0.698. The molecular weight excluding hydrogens is 193 g/mol. The van der Waals surface area contributed by atoms with Gasteiger partial charge in [0.25, 0.3) is 0 Å². The van der Waals surface area contributed by atoms with E-state index in [0.717, 1.165) is 5.56 Å². The lowest BCUT2D eigenvalue weighted by atomic mass is 10.1. The van der Waals surface area contributed by atoms with E-state index in [0.29, 0.717) is 6.54 Å². The maximum Gasteiger partial charge on any atom is 0.123 e. The van der Waals surface area contributed by atoms with E-state index in [2.05, 4.69) is 11.9 Å². The van der Waals surface area contributed by atoms with Gasteiger partial charge < -0.3 is 10.4 Å². The molecule has 2 nitrogen and oxygen atoms in total. The molecule has 3 heteroatoms. The summed E-state index contributed by atoms with van der Waals surface area (Å²) < 4.78 is 12.4. The smallest absolute Gasteiger partial charge is 0.123 e. The minimum Gasteiger partial charge on any atom is -0.382 e. The molecule has 0 aliphatic carbocycles. The summed E-state index contributed by atoms with van der Waals surface area (Å²) in [5.74, 6) is 0. The Morgan fingerprint density at radius 3 is 2.60 bits per heavy atom. The maximum atomic E-state index is 12.4. The number of rotatable bonds is 6. The molecule has 0 aliphatic rings. The Morgan fingerprint density at radius 2 is 2.07 bits per heavy atom. The predicted molar refractivity (Wildman–Crippen MR) is 59.3 cm³/mol. The van der Waals surface area contributed by atoms with Crippen LogP contribution in [-0.2, 0) is 6.54 Å². The highest BCUT2D eigenvalue weighted by Gasteiger charge is 2.21. The summed E-state index contributed by atoms with van der Waals surface area (Å²) in [6, 6.07) is 9.74. The molecular formula is C12H16FNO. The maximum absolute atomic E-state index is 12.4. The van der Waals surface area contributed by atoms with Gasteiger partial charge in [0, 0.05) is 13.1 Å². The first-order valence-electron chi connectivity index (χ1n) is 4.87. The van der Waals surface area contributed by atoms with Crippen molar-refractivity contribution in [1.82, 2.24) is 5.32 Å². The molecule has 1 rings (SSSR count). The predicted octanol–water partition coefficient (Wildman–Crippen LogP) is 1.66. The van der Waals surface area contributed by atoms with Gasteiger partial charge in [0.15, 0.2) is 0 Å². The lowest BCUT2D eigenvalue weighted by Crippen LogP contribution is -2.40. The molecule has 0 amide bonds. The number of hydrogen-bond acceptors (Lipinski definition) is 2. The fourth-order valence-corrected chi connectivity index (χ4v) is 1.19. The molecule has 0 heterocycles. The Labute approximate surface area is 89.4 Å².